The van der Waals surface area contributed by atoms with Crippen molar-refractivity contribution in [1.82, 2.24) is 9.88 Å². The summed E-state index contributed by atoms with van der Waals surface area (Å²) in [6.45, 7) is 7.38. The average Bonchev–Trinajstić information content (AvgIpc) is 3.12. The Morgan fingerprint density at radius 1 is 1.12 bits per heavy atom. The molecule has 0 spiro atoms. The van der Waals surface area contributed by atoms with Crippen LogP contribution in [0.1, 0.15) is 37.5 Å². The van der Waals surface area contributed by atoms with Gasteiger partial charge in [-0.25, -0.2) is 0 Å². The zero-order valence-electron chi connectivity index (χ0n) is 15.5. The van der Waals surface area contributed by atoms with Crippen molar-refractivity contribution < 1.29 is 4.79 Å². The lowest BCUT2D eigenvalue weighted by molar-refractivity contribution is 0.0744. The van der Waals surface area contributed by atoms with Crippen molar-refractivity contribution in [2.24, 2.45) is 0 Å². The van der Waals surface area contributed by atoms with E-state index in [4.69, 9.17) is 0 Å². The number of carbonyl (C=O) groups excluding carboxylic acids is 1. The molecule has 0 N–H and O–H groups in total. The molecule has 3 rings (SSSR count). The third kappa shape index (κ3) is 4.38. The van der Waals surface area contributed by atoms with Gasteiger partial charge < -0.3 is 4.90 Å². The molecule has 2 heterocycles. The normalized spacial score (nSPS) is 10.7. The van der Waals surface area contributed by atoms with E-state index in [1.165, 1.54) is 10.4 Å². The summed E-state index contributed by atoms with van der Waals surface area (Å²) in [6.07, 6.45) is 4.46. The number of hydrogen-bond acceptors (Lipinski definition) is 3. The van der Waals surface area contributed by atoms with Gasteiger partial charge in [0.15, 0.2) is 0 Å². The second-order valence-corrected chi connectivity index (χ2v) is 7.72. The third-order valence-electron chi connectivity index (χ3n) is 4.48. The molecule has 0 aliphatic carbocycles. The maximum atomic E-state index is 13.4. The van der Waals surface area contributed by atoms with Crippen LogP contribution >= 0.6 is 11.3 Å². The summed E-state index contributed by atoms with van der Waals surface area (Å²) >= 11 is 1.74. The van der Waals surface area contributed by atoms with E-state index in [-0.39, 0.29) is 5.91 Å². The van der Waals surface area contributed by atoms with Gasteiger partial charge in [0.1, 0.15) is 0 Å². The Kier molecular flexibility index (Phi) is 5.84. The first-order valence-corrected chi connectivity index (χ1v) is 9.71. The van der Waals surface area contributed by atoms with Gasteiger partial charge in [0.25, 0.3) is 5.91 Å². The van der Waals surface area contributed by atoms with Gasteiger partial charge in [-0.1, -0.05) is 29.8 Å². The highest BCUT2D eigenvalue weighted by Gasteiger charge is 2.20. The molecule has 3 aromatic rings. The van der Waals surface area contributed by atoms with E-state index in [0.29, 0.717) is 13.1 Å². The van der Waals surface area contributed by atoms with Crippen LogP contribution in [0, 0.1) is 20.8 Å². The van der Waals surface area contributed by atoms with Gasteiger partial charge in [0.05, 0.1) is 0 Å². The van der Waals surface area contributed by atoms with Gasteiger partial charge in [-0.3, -0.25) is 9.78 Å². The Balaban J connectivity index is 1.87. The number of benzene rings is 1. The second-order valence-electron chi connectivity index (χ2n) is 6.69. The lowest BCUT2D eigenvalue weighted by atomic mass is 9.98. The van der Waals surface area contributed by atoms with Crippen molar-refractivity contribution >= 4 is 17.2 Å². The van der Waals surface area contributed by atoms with Crippen LogP contribution in [-0.2, 0) is 13.0 Å². The van der Waals surface area contributed by atoms with Crippen LogP contribution in [0.4, 0.5) is 0 Å². The highest BCUT2D eigenvalue weighted by atomic mass is 32.1. The van der Waals surface area contributed by atoms with Crippen LogP contribution in [0.3, 0.4) is 0 Å². The molecule has 0 bridgehead atoms. The van der Waals surface area contributed by atoms with E-state index in [1.807, 2.05) is 37.1 Å². The molecule has 1 amide bonds. The topological polar surface area (TPSA) is 33.2 Å². The molecule has 0 saturated carbocycles. The molecule has 4 heteroatoms. The third-order valence-corrected chi connectivity index (χ3v) is 5.42. The molecular formula is C22H24N2OS. The van der Waals surface area contributed by atoms with Crippen LogP contribution in [0.2, 0.25) is 0 Å². The minimum absolute atomic E-state index is 0.0976. The zero-order valence-corrected chi connectivity index (χ0v) is 16.3. The fourth-order valence-electron chi connectivity index (χ4n) is 3.34. The van der Waals surface area contributed by atoms with Crippen LogP contribution < -0.4 is 0 Å². The van der Waals surface area contributed by atoms with Crippen LogP contribution in [0.15, 0.2) is 54.2 Å². The SMILES string of the molecule is Cc1cc(C)c(C(=O)N(CCc2cccs2)Cc2cccnc2)c(C)c1. The van der Waals surface area contributed by atoms with Crippen molar-refractivity contribution in [2.45, 2.75) is 33.7 Å². The summed E-state index contributed by atoms with van der Waals surface area (Å²) in [6, 6.07) is 12.3. The lowest BCUT2D eigenvalue weighted by Gasteiger charge is -2.24. The molecule has 0 unspecified atom stereocenters. The Morgan fingerprint density at radius 2 is 1.88 bits per heavy atom. The smallest absolute Gasteiger partial charge is 0.254 e. The number of nitrogens with zero attached hydrogens (tertiary/aromatic N) is 2. The van der Waals surface area contributed by atoms with Gasteiger partial charge in [0.2, 0.25) is 0 Å². The van der Waals surface area contributed by atoms with Gasteiger partial charge in [0, 0.05) is 35.9 Å². The molecule has 26 heavy (non-hydrogen) atoms. The summed E-state index contributed by atoms with van der Waals surface area (Å²) in [7, 11) is 0. The van der Waals surface area contributed by atoms with Gasteiger partial charge in [-0.05, 0) is 61.4 Å². The molecule has 1 aromatic carbocycles. The van der Waals surface area contributed by atoms with Crippen molar-refractivity contribution in [3.63, 3.8) is 0 Å². The quantitative estimate of drug-likeness (QED) is 0.620. The molecule has 0 atom stereocenters. The maximum Gasteiger partial charge on any atom is 0.254 e. The van der Waals surface area contributed by atoms with E-state index in [2.05, 4.69) is 41.6 Å². The first-order chi connectivity index (χ1) is 12.5. The number of aromatic nitrogens is 1. The van der Waals surface area contributed by atoms with Gasteiger partial charge in [-0.15, -0.1) is 11.3 Å². The minimum Gasteiger partial charge on any atom is -0.334 e. The first kappa shape index (κ1) is 18.3. The fraction of sp³-hybridized carbons (Fsp3) is 0.273. The standard InChI is InChI=1S/C22H24N2OS/c1-16-12-17(2)21(18(3)13-16)22(25)24(10-8-20-7-5-11-26-20)15-19-6-4-9-23-14-19/h4-7,9,11-14H,8,10,15H2,1-3H3. The Hall–Kier alpha value is -2.46. The first-order valence-electron chi connectivity index (χ1n) is 8.83. The van der Waals surface area contributed by atoms with E-state index in [0.717, 1.165) is 28.7 Å². The summed E-state index contributed by atoms with van der Waals surface area (Å²) in [5.74, 6) is 0.0976. The Bertz CT molecular complexity index is 849. The molecule has 134 valence electrons. The molecule has 3 nitrogen and oxygen atoms in total. The zero-order chi connectivity index (χ0) is 18.5. The highest BCUT2D eigenvalue weighted by Crippen LogP contribution is 2.20. The van der Waals surface area contributed by atoms with Gasteiger partial charge >= 0.3 is 0 Å². The average molecular weight is 365 g/mol. The minimum atomic E-state index is 0.0976. The second kappa shape index (κ2) is 8.28. The van der Waals surface area contributed by atoms with E-state index in [1.54, 1.807) is 17.5 Å². The summed E-state index contributed by atoms with van der Waals surface area (Å²) in [5.41, 5.74) is 5.15. The van der Waals surface area contributed by atoms with Crippen molar-refractivity contribution in [3.05, 3.63) is 86.9 Å². The number of pyridine rings is 1. The molecule has 0 aliphatic rings. The fourth-order valence-corrected chi connectivity index (χ4v) is 4.04. The summed E-state index contributed by atoms with van der Waals surface area (Å²) in [5, 5.41) is 2.08. The number of rotatable bonds is 6. The predicted octanol–water partition coefficient (Wildman–Crippen LogP) is 4.95. The van der Waals surface area contributed by atoms with E-state index >= 15 is 0 Å². The maximum absolute atomic E-state index is 13.4. The van der Waals surface area contributed by atoms with Crippen LogP contribution in [0.25, 0.3) is 0 Å². The number of amides is 1. The van der Waals surface area contributed by atoms with Crippen molar-refractivity contribution in [1.29, 1.82) is 0 Å². The predicted molar refractivity (Wildman–Crippen MR) is 108 cm³/mol. The molecule has 0 aliphatic heterocycles. The highest BCUT2D eigenvalue weighted by molar-refractivity contribution is 7.09. The van der Waals surface area contributed by atoms with Crippen molar-refractivity contribution in [3.8, 4) is 0 Å². The van der Waals surface area contributed by atoms with Crippen LogP contribution in [-0.4, -0.2) is 22.3 Å². The van der Waals surface area contributed by atoms with E-state index in [9.17, 15) is 4.79 Å². The molecule has 0 radical (unpaired) electrons. The number of hydrogen-bond donors (Lipinski definition) is 0. The van der Waals surface area contributed by atoms with Crippen molar-refractivity contribution in [2.75, 3.05) is 6.54 Å². The number of aryl methyl sites for hydroxylation is 3. The molecule has 0 saturated heterocycles. The lowest BCUT2D eigenvalue weighted by Crippen LogP contribution is -2.33. The Labute approximate surface area is 159 Å². The van der Waals surface area contributed by atoms with Crippen LogP contribution in [0.5, 0.6) is 0 Å². The number of carbonyl (C=O) groups is 1. The monoisotopic (exact) mass is 364 g/mol. The number of thiophene rings is 1. The summed E-state index contributed by atoms with van der Waals surface area (Å²) < 4.78 is 0. The Morgan fingerprint density at radius 3 is 2.50 bits per heavy atom. The molecular weight excluding hydrogens is 340 g/mol. The van der Waals surface area contributed by atoms with Gasteiger partial charge in [-0.2, -0.15) is 0 Å². The van der Waals surface area contributed by atoms with E-state index < -0.39 is 0 Å². The molecule has 0 fully saturated rings. The summed E-state index contributed by atoms with van der Waals surface area (Å²) in [4.78, 5) is 20.8. The largest absolute Gasteiger partial charge is 0.334 e. The molecule has 2 aromatic heterocycles.